The molecule has 59 heavy (non-hydrogen) atoms. The number of nitrogen functional groups attached to an aromatic ring is 1. The SMILES string of the molecule is CCc1ncccc1C(=O)Cl.CCc1ncccc1C(=O)Nc1c(Cl)ncnc1Nc1ccc(C(F)(F)F)cc1.Nc1c(Cl)ncnc1Nc1ccc(C(F)(F)F)cc1. The van der Waals surface area contributed by atoms with E-state index in [0.29, 0.717) is 34.6 Å². The van der Waals surface area contributed by atoms with Crippen LogP contribution in [0.3, 0.4) is 0 Å². The number of benzene rings is 2. The molecule has 4 heterocycles. The number of aryl methyl sites for hydroxylation is 2. The van der Waals surface area contributed by atoms with Crippen molar-refractivity contribution >= 4 is 80.3 Å². The van der Waals surface area contributed by atoms with Gasteiger partial charge in [-0.3, -0.25) is 19.6 Å². The zero-order chi connectivity index (χ0) is 43.3. The van der Waals surface area contributed by atoms with Crippen LogP contribution in [0.2, 0.25) is 10.3 Å². The minimum Gasteiger partial charge on any atom is -0.393 e. The second-order valence-corrected chi connectivity index (χ2v) is 12.7. The van der Waals surface area contributed by atoms with Crippen LogP contribution in [-0.4, -0.2) is 41.1 Å². The number of nitrogens with zero attached hydrogens (tertiary/aromatic N) is 6. The molecule has 1 amide bonds. The first kappa shape index (κ1) is 45.6. The Kier molecular flexibility index (Phi) is 15.9. The number of aromatic nitrogens is 6. The van der Waals surface area contributed by atoms with Crippen molar-refractivity contribution in [1.82, 2.24) is 29.9 Å². The lowest BCUT2D eigenvalue weighted by Crippen LogP contribution is -2.17. The van der Waals surface area contributed by atoms with Gasteiger partial charge < -0.3 is 21.7 Å². The molecule has 6 aromatic rings. The fraction of sp³-hybridized carbons (Fsp3) is 0.158. The van der Waals surface area contributed by atoms with Gasteiger partial charge in [-0.05, 0) is 97.2 Å². The molecule has 0 saturated carbocycles. The van der Waals surface area contributed by atoms with Crippen LogP contribution in [-0.2, 0) is 25.2 Å². The standard InChI is InChI=1S/C19H15ClF3N5O.C11H8ClF3N4.C8H8ClNO/c1-2-14-13(4-3-9-24-14)18(29)28-15-16(20)25-10-26-17(15)27-12-7-5-11(6-8-12)19(21,22)23;12-9-8(16)10(18-5-17-9)19-7-3-1-6(2-4-7)11(13,14)15;1-2-7-6(8(9)11)4-3-5-10-7/h3-10H,2H2,1H3,(H,28,29)(H,25,26,27);1-5H,16H2,(H,17,18,19);3-5H,2H2,1H3. The zero-order valence-electron chi connectivity index (χ0n) is 30.6. The van der Waals surface area contributed by atoms with Crippen LogP contribution in [0.4, 0.5) is 60.7 Å². The molecule has 5 N–H and O–H groups in total. The van der Waals surface area contributed by atoms with Crippen LogP contribution in [0.25, 0.3) is 0 Å². The molecule has 0 aliphatic rings. The molecule has 0 fully saturated rings. The van der Waals surface area contributed by atoms with Crippen molar-refractivity contribution < 1.29 is 35.9 Å². The van der Waals surface area contributed by atoms with E-state index < -0.39 is 34.6 Å². The third-order valence-corrected chi connectivity index (χ3v) is 8.52. The first-order valence-corrected chi connectivity index (χ1v) is 18.1. The molecule has 21 heteroatoms. The maximum Gasteiger partial charge on any atom is 0.416 e. The van der Waals surface area contributed by atoms with Gasteiger partial charge in [0.05, 0.1) is 33.6 Å². The van der Waals surface area contributed by atoms with Crippen LogP contribution in [0.5, 0.6) is 0 Å². The van der Waals surface area contributed by atoms with Gasteiger partial charge in [0.1, 0.15) is 24.0 Å². The number of hydrogen-bond donors (Lipinski definition) is 4. The van der Waals surface area contributed by atoms with Gasteiger partial charge in [-0.1, -0.05) is 37.0 Å². The molecule has 2 aromatic carbocycles. The van der Waals surface area contributed by atoms with Crippen LogP contribution in [0, 0.1) is 0 Å². The van der Waals surface area contributed by atoms with Gasteiger partial charge in [-0.25, -0.2) is 19.9 Å². The molecule has 0 spiro atoms. The summed E-state index contributed by atoms with van der Waals surface area (Å²) in [7, 11) is 0. The fourth-order valence-electron chi connectivity index (χ4n) is 4.81. The van der Waals surface area contributed by atoms with E-state index in [9.17, 15) is 35.9 Å². The number of nitrogens with one attached hydrogen (secondary N) is 3. The normalized spacial score (nSPS) is 11.0. The summed E-state index contributed by atoms with van der Waals surface area (Å²) < 4.78 is 75.3. The maximum absolute atomic E-state index is 12.7. The van der Waals surface area contributed by atoms with E-state index in [1.165, 1.54) is 36.9 Å². The van der Waals surface area contributed by atoms with E-state index in [0.717, 1.165) is 36.4 Å². The van der Waals surface area contributed by atoms with E-state index >= 15 is 0 Å². The third-order valence-electron chi connectivity index (χ3n) is 7.73. The summed E-state index contributed by atoms with van der Waals surface area (Å²) >= 11 is 17.1. The van der Waals surface area contributed by atoms with Gasteiger partial charge in [0, 0.05) is 23.8 Å². The predicted octanol–water partition coefficient (Wildman–Crippen LogP) is 10.6. The average molecular weight is 880 g/mol. The first-order chi connectivity index (χ1) is 27.9. The number of anilines is 6. The number of alkyl halides is 6. The summed E-state index contributed by atoms with van der Waals surface area (Å²) in [5.41, 5.74) is 7.34. The molecule has 6 rings (SSSR count). The van der Waals surface area contributed by atoms with Crippen LogP contribution >= 0.6 is 34.8 Å². The van der Waals surface area contributed by atoms with Crippen LogP contribution < -0.4 is 21.7 Å². The fourth-order valence-corrected chi connectivity index (χ4v) is 5.29. The van der Waals surface area contributed by atoms with Gasteiger partial charge in [-0.2, -0.15) is 26.3 Å². The summed E-state index contributed by atoms with van der Waals surface area (Å²) in [5.74, 6) is -0.0816. The Morgan fingerprint density at radius 1 is 0.627 bits per heavy atom. The molecular weight excluding hydrogens is 849 g/mol. The van der Waals surface area contributed by atoms with Crippen molar-refractivity contribution in [2.75, 3.05) is 21.7 Å². The molecule has 4 aromatic heterocycles. The van der Waals surface area contributed by atoms with Crippen LogP contribution in [0.1, 0.15) is 57.1 Å². The highest BCUT2D eigenvalue weighted by Crippen LogP contribution is 2.34. The average Bonchev–Trinajstić information content (AvgIpc) is 3.21. The second-order valence-electron chi connectivity index (χ2n) is 11.6. The molecule has 0 saturated heterocycles. The van der Waals surface area contributed by atoms with E-state index in [1.54, 1.807) is 36.7 Å². The molecule has 0 radical (unpaired) electrons. The van der Waals surface area contributed by atoms with E-state index in [-0.39, 0.29) is 33.3 Å². The van der Waals surface area contributed by atoms with Gasteiger partial charge in [-0.15, -0.1) is 0 Å². The van der Waals surface area contributed by atoms with Gasteiger partial charge in [0.25, 0.3) is 11.1 Å². The Bertz CT molecular complexity index is 2370. The summed E-state index contributed by atoms with van der Waals surface area (Å²) in [5, 5.41) is 7.87. The number of amides is 1. The number of carbonyl (C=O) groups excluding carboxylic acids is 2. The third kappa shape index (κ3) is 12.9. The van der Waals surface area contributed by atoms with Gasteiger partial charge in [0.2, 0.25) is 0 Å². The van der Waals surface area contributed by atoms with Crippen molar-refractivity contribution in [2.24, 2.45) is 0 Å². The summed E-state index contributed by atoms with van der Waals surface area (Å²) in [4.78, 5) is 47.0. The molecule has 0 aliphatic carbocycles. The van der Waals surface area contributed by atoms with Crippen molar-refractivity contribution in [1.29, 1.82) is 0 Å². The van der Waals surface area contributed by atoms with Crippen molar-refractivity contribution in [3.8, 4) is 0 Å². The molecular formula is C38H31Cl3F6N10O2. The largest absolute Gasteiger partial charge is 0.416 e. The van der Waals surface area contributed by atoms with Crippen LogP contribution in [0.15, 0.2) is 97.8 Å². The molecule has 12 nitrogen and oxygen atoms in total. The first-order valence-electron chi connectivity index (χ1n) is 17.0. The van der Waals surface area contributed by atoms with Crippen molar-refractivity contribution in [3.05, 3.63) is 142 Å². The Morgan fingerprint density at radius 2 is 1.07 bits per heavy atom. The Labute approximate surface area is 347 Å². The molecule has 0 aliphatic heterocycles. The Hall–Kier alpha value is -6.11. The maximum atomic E-state index is 12.7. The molecule has 0 atom stereocenters. The molecule has 308 valence electrons. The van der Waals surface area contributed by atoms with E-state index in [2.05, 4.69) is 45.9 Å². The lowest BCUT2D eigenvalue weighted by Gasteiger charge is -2.14. The Balaban J connectivity index is 0.000000219. The highest BCUT2D eigenvalue weighted by Gasteiger charge is 2.31. The monoisotopic (exact) mass is 878 g/mol. The number of nitrogens with two attached hydrogens (primary N) is 1. The Morgan fingerprint density at radius 3 is 1.53 bits per heavy atom. The number of carbonyl (C=O) groups is 2. The summed E-state index contributed by atoms with van der Waals surface area (Å²) in [6, 6.07) is 15.5. The molecule has 0 unspecified atom stereocenters. The highest BCUT2D eigenvalue weighted by molar-refractivity contribution is 6.67. The number of rotatable bonds is 9. The second kappa shape index (κ2) is 20.5. The minimum absolute atomic E-state index is 0.0234. The number of hydrogen-bond acceptors (Lipinski definition) is 11. The lowest BCUT2D eigenvalue weighted by atomic mass is 10.1. The predicted molar refractivity (Wildman–Crippen MR) is 213 cm³/mol. The summed E-state index contributed by atoms with van der Waals surface area (Å²) in [6.45, 7) is 3.81. The molecule has 0 bridgehead atoms. The van der Waals surface area contributed by atoms with E-state index in [1.807, 2.05) is 13.8 Å². The van der Waals surface area contributed by atoms with Crippen molar-refractivity contribution in [2.45, 2.75) is 39.0 Å². The minimum atomic E-state index is -4.43. The van der Waals surface area contributed by atoms with Crippen molar-refractivity contribution in [3.63, 3.8) is 0 Å². The quantitative estimate of drug-likeness (QED) is 0.0618. The highest BCUT2D eigenvalue weighted by atomic mass is 35.5. The number of halogens is 9. The van der Waals surface area contributed by atoms with Gasteiger partial charge >= 0.3 is 12.4 Å². The number of pyridine rings is 2. The van der Waals surface area contributed by atoms with Gasteiger partial charge in [0.15, 0.2) is 21.9 Å². The smallest absolute Gasteiger partial charge is 0.393 e. The zero-order valence-corrected chi connectivity index (χ0v) is 32.9. The lowest BCUT2D eigenvalue weighted by molar-refractivity contribution is -0.138. The summed E-state index contributed by atoms with van der Waals surface area (Å²) in [6.07, 6.45) is -1.90. The topological polar surface area (TPSA) is 174 Å². The van der Waals surface area contributed by atoms with E-state index in [4.69, 9.17) is 40.5 Å².